The Bertz CT molecular complexity index is 366. The van der Waals surface area contributed by atoms with Gasteiger partial charge in [-0.1, -0.05) is 6.42 Å². The summed E-state index contributed by atoms with van der Waals surface area (Å²) in [5, 5.41) is 8.24. The van der Waals surface area contributed by atoms with Crippen LogP contribution in [0.15, 0.2) is 15.9 Å². The predicted octanol–water partition coefficient (Wildman–Crippen LogP) is 2.69. The second-order valence-electron chi connectivity index (χ2n) is 3.95. The molecule has 2 heterocycles. The van der Waals surface area contributed by atoms with Crippen molar-refractivity contribution in [3.8, 4) is 0 Å². The zero-order valence-electron chi connectivity index (χ0n) is 9.37. The third-order valence-electron chi connectivity index (χ3n) is 2.69. The smallest absolute Gasteiger partial charge is 0.237 e. The molecule has 2 N–H and O–H groups in total. The first kappa shape index (κ1) is 15.0. The van der Waals surface area contributed by atoms with Crippen LogP contribution in [0.5, 0.6) is 0 Å². The van der Waals surface area contributed by atoms with Crippen LogP contribution in [-0.2, 0) is 11.3 Å². The molecule has 0 aromatic carbocycles. The molecule has 1 aromatic heterocycles. The van der Waals surface area contributed by atoms with Crippen molar-refractivity contribution in [2.75, 3.05) is 6.54 Å². The number of nitrogens with one attached hydrogen (secondary N) is 2. The number of rotatable bonds is 3. The molecule has 0 radical (unpaired) electrons. The van der Waals surface area contributed by atoms with Crippen LogP contribution in [0.3, 0.4) is 0 Å². The summed E-state index contributed by atoms with van der Waals surface area (Å²) in [5.41, 5.74) is 0. The summed E-state index contributed by atoms with van der Waals surface area (Å²) < 4.78 is 1.08. The Morgan fingerprint density at radius 3 is 3.00 bits per heavy atom. The summed E-state index contributed by atoms with van der Waals surface area (Å²) in [6, 6.07) is 2.05. The average molecular weight is 340 g/mol. The van der Waals surface area contributed by atoms with Gasteiger partial charge in [0.05, 0.1) is 12.6 Å². The van der Waals surface area contributed by atoms with Crippen LogP contribution < -0.4 is 10.6 Å². The minimum Gasteiger partial charge on any atom is -0.350 e. The molecule has 2 rings (SSSR count). The Morgan fingerprint density at radius 1 is 1.59 bits per heavy atom. The fraction of sp³-hybridized carbons (Fsp3) is 0.545. The van der Waals surface area contributed by atoms with Gasteiger partial charge in [0.25, 0.3) is 0 Å². The molecule has 1 amide bonds. The van der Waals surface area contributed by atoms with E-state index in [0.717, 1.165) is 23.9 Å². The molecule has 1 aliphatic heterocycles. The van der Waals surface area contributed by atoms with Crippen molar-refractivity contribution in [2.24, 2.45) is 0 Å². The molecule has 6 heteroatoms. The highest BCUT2D eigenvalue weighted by molar-refractivity contribution is 9.10. The van der Waals surface area contributed by atoms with Gasteiger partial charge in [0.15, 0.2) is 0 Å². The first-order valence-corrected chi connectivity index (χ1v) is 7.17. The van der Waals surface area contributed by atoms with Gasteiger partial charge in [-0.05, 0) is 41.4 Å². The minimum absolute atomic E-state index is 0. The first-order valence-electron chi connectivity index (χ1n) is 5.50. The van der Waals surface area contributed by atoms with Crippen LogP contribution in [0.4, 0.5) is 0 Å². The maximum absolute atomic E-state index is 11.8. The Morgan fingerprint density at radius 2 is 2.41 bits per heavy atom. The number of carbonyl (C=O) groups is 1. The molecule has 3 nitrogen and oxygen atoms in total. The van der Waals surface area contributed by atoms with Crippen LogP contribution in [0.25, 0.3) is 0 Å². The first-order chi connectivity index (χ1) is 7.75. The molecule has 0 aliphatic carbocycles. The second-order valence-corrected chi connectivity index (χ2v) is 5.86. The van der Waals surface area contributed by atoms with Crippen LogP contribution >= 0.6 is 39.7 Å². The topological polar surface area (TPSA) is 41.1 Å². The lowest BCUT2D eigenvalue weighted by molar-refractivity contribution is -0.123. The van der Waals surface area contributed by atoms with E-state index >= 15 is 0 Å². The van der Waals surface area contributed by atoms with E-state index in [1.807, 2.05) is 11.4 Å². The molecule has 1 aliphatic rings. The number of piperidine rings is 1. The lowest BCUT2D eigenvalue weighted by Gasteiger charge is -2.22. The van der Waals surface area contributed by atoms with Gasteiger partial charge in [-0.3, -0.25) is 4.79 Å². The zero-order chi connectivity index (χ0) is 11.4. The van der Waals surface area contributed by atoms with Crippen molar-refractivity contribution in [3.05, 3.63) is 20.8 Å². The van der Waals surface area contributed by atoms with Crippen LogP contribution in [0, 0.1) is 0 Å². The van der Waals surface area contributed by atoms with E-state index < -0.39 is 0 Å². The predicted molar refractivity (Wildman–Crippen MR) is 76.8 cm³/mol. The number of thiophene rings is 1. The average Bonchev–Trinajstić information content (AvgIpc) is 2.73. The van der Waals surface area contributed by atoms with E-state index in [1.165, 1.54) is 11.3 Å². The molecule has 1 fully saturated rings. The monoisotopic (exact) mass is 338 g/mol. The molecule has 1 atom stereocenters. The van der Waals surface area contributed by atoms with Gasteiger partial charge >= 0.3 is 0 Å². The summed E-state index contributed by atoms with van der Waals surface area (Å²) in [4.78, 5) is 13.0. The highest BCUT2D eigenvalue weighted by atomic mass is 79.9. The van der Waals surface area contributed by atoms with Crippen molar-refractivity contribution in [3.63, 3.8) is 0 Å². The van der Waals surface area contributed by atoms with E-state index in [4.69, 9.17) is 0 Å². The highest BCUT2D eigenvalue weighted by Crippen LogP contribution is 2.19. The normalized spacial score (nSPS) is 19.5. The zero-order valence-corrected chi connectivity index (χ0v) is 12.6. The Hall–Kier alpha value is -0.100. The molecule has 96 valence electrons. The van der Waals surface area contributed by atoms with Crippen LogP contribution in [0.1, 0.15) is 24.1 Å². The lowest BCUT2D eigenvalue weighted by Crippen LogP contribution is -2.46. The molecular formula is C11H16BrClN2OS. The van der Waals surface area contributed by atoms with Crippen molar-refractivity contribution >= 4 is 45.6 Å². The quantitative estimate of drug-likeness (QED) is 0.889. The molecule has 0 unspecified atom stereocenters. The number of carbonyl (C=O) groups excluding carboxylic acids is 1. The number of hydrogen-bond acceptors (Lipinski definition) is 3. The molecule has 0 spiro atoms. The Kier molecular flexibility index (Phi) is 6.48. The summed E-state index contributed by atoms with van der Waals surface area (Å²) >= 11 is 5.06. The molecule has 0 saturated carbocycles. The largest absolute Gasteiger partial charge is 0.350 e. The maximum Gasteiger partial charge on any atom is 0.237 e. The summed E-state index contributed by atoms with van der Waals surface area (Å²) in [6.45, 7) is 1.59. The molecular weight excluding hydrogens is 324 g/mol. The van der Waals surface area contributed by atoms with Gasteiger partial charge in [-0.2, -0.15) is 0 Å². The summed E-state index contributed by atoms with van der Waals surface area (Å²) in [5.74, 6) is 0.129. The van der Waals surface area contributed by atoms with E-state index in [2.05, 4.69) is 26.6 Å². The van der Waals surface area contributed by atoms with E-state index in [0.29, 0.717) is 6.54 Å². The second kappa shape index (κ2) is 7.36. The van der Waals surface area contributed by atoms with Crippen molar-refractivity contribution in [1.29, 1.82) is 0 Å². The third kappa shape index (κ3) is 4.58. The SMILES string of the molecule is Cl.O=C(NCc1cc(Br)cs1)[C@H]1CCCCN1. The standard InChI is InChI=1S/C11H15BrN2OS.ClH/c12-8-5-9(16-7-8)6-14-11(15)10-3-1-2-4-13-10;/h5,7,10,13H,1-4,6H2,(H,14,15);1H/t10-;/m1./s1. The molecule has 1 aromatic rings. The fourth-order valence-corrected chi connectivity index (χ4v) is 3.21. The van der Waals surface area contributed by atoms with Crippen molar-refractivity contribution in [1.82, 2.24) is 10.6 Å². The molecule has 0 bridgehead atoms. The van der Waals surface area contributed by atoms with Crippen molar-refractivity contribution < 1.29 is 4.79 Å². The highest BCUT2D eigenvalue weighted by Gasteiger charge is 2.19. The molecule has 17 heavy (non-hydrogen) atoms. The van der Waals surface area contributed by atoms with E-state index in [9.17, 15) is 4.79 Å². The van der Waals surface area contributed by atoms with Gasteiger partial charge in [0, 0.05) is 14.7 Å². The fourth-order valence-electron chi connectivity index (χ4n) is 1.82. The van der Waals surface area contributed by atoms with Crippen molar-refractivity contribution in [2.45, 2.75) is 31.8 Å². The Balaban J connectivity index is 0.00000144. The van der Waals surface area contributed by atoms with Gasteiger partial charge < -0.3 is 10.6 Å². The number of hydrogen-bond donors (Lipinski definition) is 2. The van der Waals surface area contributed by atoms with Gasteiger partial charge in [0.2, 0.25) is 5.91 Å². The minimum atomic E-state index is 0. The number of amides is 1. The van der Waals surface area contributed by atoms with E-state index in [1.54, 1.807) is 11.3 Å². The van der Waals surface area contributed by atoms with Crippen LogP contribution in [0.2, 0.25) is 0 Å². The maximum atomic E-state index is 11.8. The van der Waals surface area contributed by atoms with Gasteiger partial charge in [-0.15, -0.1) is 23.7 Å². The lowest BCUT2D eigenvalue weighted by atomic mass is 10.0. The van der Waals surface area contributed by atoms with Gasteiger partial charge in [-0.25, -0.2) is 0 Å². The number of halogens is 2. The van der Waals surface area contributed by atoms with Crippen LogP contribution in [-0.4, -0.2) is 18.5 Å². The van der Waals surface area contributed by atoms with E-state index in [-0.39, 0.29) is 24.4 Å². The Labute approximate surface area is 120 Å². The molecule has 1 saturated heterocycles. The third-order valence-corrected chi connectivity index (χ3v) is 4.38. The summed E-state index contributed by atoms with van der Waals surface area (Å²) in [6.07, 6.45) is 3.29. The summed E-state index contributed by atoms with van der Waals surface area (Å²) in [7, 11) is 0. The van der Waals surface area contributed by atoms with Gasteiger partial charge in [0.1, 0.15) is 0 Å².